The minimum absolute atomic E-state index is 0.0385. The molecule has 0 atom stereocenters. The van der Waals surface area contributed by atoms with Crippen molar-refractivity contribution in [1.29, 1.82) is 0 Å². The van der Waals surface area contributed by atoms with Gasteiger partial charge in [0.05, 0.1) is 11.3 Å². The molecule has 0 unspecified atom stereocenters. The van der Waals surface area contributed by atoms with Crippen LogP contribution in [-0.4, -0.2) is 51.3 Å². The zero-order valence-electron chi connectivity index (χ0n) is 14.8. The van der Waals surface area contributed by atoms with E-state index >= 15 is 0 Å². The Morgan fingerprint density at radius 3 is 2.65 bits per heavy atom. The second-order valence-corrected chi connectivity index (χ2v) is 8.87. The molecule has 8 heteroatoms. The minimum atomic E-state index is -0.0385. The van der Waals surface area contributed by atoms with E-state index in [0.29, 0.717) is 19.6 Å². The lowest BCUT2D eigenvalue weighted by Crippen LogP contribution is -2.48. The molecule has 1 fully saturated rings. The summed E-state index contributed by atoms with van der Waals surface area (Å²) < 4.78 is 1.57. The number of aromatic nitrogens is 2. The summed E-state index contributed by atoms with van der Waals surface area (Å²) in [6.45, 7) is 7.67. The molecular weight excluding hydrogens is 368 g/mol. The molecule has 4 rings (SSSR count). The first-order chi connectivity index (χ1) is 12.5. The van der Waals surface area contributed by atoms with Gasteiger partial charge in [-0.2, -0.15) is 0 Å². The van der Waals surface area contributed by atoms with Crippen LogP contribution in [0.5, 0.6) is 0 Å². The maximum absolute atomic E-state index is 12.7. The van der Waals surface area contributed by atoms with Crippen LogP contribution in [0.1, 0.15) is 25.8 Å². The fourth-order valence-electron chi connectivity index (χ4n) is 3.32. The van der Waals surface area contributed by atoms with Crippen LogP contribution in [-0.2, 0) is 6.54 Å². The molecule has 6 nitrogen and oxygen atoms in total. The highest BCUT2D eigenvalue weighted by Crippen LogP contribution is 2.22. The number of rotatable bonds is 3. The van der Waals surface area contributed by atoms with Crippen LogP contribution in [0.15, 0.2) is 28.5 Å². The van der Waals surface area contributed by atoms with Crippen molar-refractivity contribution < 1.29 is 4.79 Å². The molecule has 0 N–H and O–H groups in total. The summed E-state index contributed by atoms with van der Waals surface area (Å²) in [5.41, 5.74) is 1.59. The van der Waals surface area contributed by atoms with E-state index in [2.05, 4.69) is 9.88 Å². The van der Waals surface area contributed by atoms with Gasteiger partial charge in [0.25, 0.3) is 11.5 Å². The molecular formula is C18H20N4O2S2. The van der Waals surface area contributed by atoms with Crippen molar-refractivity contribution in [2.45, 2.75) is 20.4 Å². The molecule has 3 aromatic rings. The maximum atomic E-state index is 12.7. The summed E-state index contributed by atoms with van der Waals surface area (Å²) in [7, 11) is 0. The Kier molecular flexibility index (Phi) is 4.64. The van der Waals surface area contributed by atoms with Crippen LogP contribution in [0, 0.1) is 13.8 Å². The Morgan fingerprint density at radius 2 is 1.96 bits per heavy atom. The summed E-state index contributed by atoms with van der Waals surface area (Å²) in [4.78, 5) is 36.5. The molecule has 26 heavy (non-hydrogen) atoms. The minimum Gasteiger partial charge on any atom is -0.336 e. The molecule has 1 saturated heterocycles. The Balaban J connectivity index is 1.41. The Labute approximate surface area is 159 Å². The van der Waals surface area contributed by atoms with Gasteiger partial charge in [0.1, 0.15) is 0 Å². The average molecular weight is 389 g/mol. The summed E-state index contributed by atoms with van der Waals surface area (Å²) >= 11 is 3.13. The third-order valence-corrected chi connectivity index (χ3v) is 6.40. The van der Waals surface area contributed by atoms with Crippen LogP contribution in [0.25, 0.3) is 4.96 Å². The molecule has 1 aliphatic rings. The maximum Gasteiger partial charge on any atom is 0.258 e. The van der Waals surface area contributed by atoms with E-state index in [-0.39, 0.29) is 11.5 Å². The third-order valence-electron chi connectivity index (χ3n) is 4.67. The van der Waals surface area contributed by atoms with E-state index in [0.717, 1.165) is 34.2 Å². The Morgan fingerprint density at radius 1 is 1.19 bits per heavy atom. The number of hydrogen-bond acceptors (Lipinski definition) is 6. The number of piperazine rings is 1. The first kappa shape index (κ1) is 17.4. The molecule has 0 bridgehead atoms. The fourth-order valence-corrected chi connectivity index (χ4v) is 4.98. The summed E-state index contributed by atoms with van der Waals surface area (Å²) in [6, 6.07) is 3.59. The van der Waals surface area contributed by atoms with Gasteiger partial charge in [-0.1, -0.05) is 0 Å². The van der Waals surface area contributed by atoms with E-state index in [1.54, 1.807) is 28.0 Å². The van der Waals surface area contributed by atoms with Crippen LogP contribution < -0.4 is 5.56 Å². The predicted molar refractivity (Wildman–Crippen MR) is 104 cm³/mol. The highest BCUT2D eigenvalue weighted by molar-refractivity contribution is 7.15. The van der Waals surface area contributed by atoms with Crippen molar-refractivity contribution >= 4 is 33.5 Å². The number of carbonyl (C=O) groups excluding carboxylic acids is 1. The van der Waals surface area contributed by atoms with Crippen molar-refractivity contribution in [3.05, 3.63) is 55.1 Å². The monoisotopic (exact) mass is 388 g/mol. The van der Waals surface area contributed by atoms with Crippen molar-refractivity contribution in [2.24, 2.45) is 0 Å². The molecule has 0 saturated carbocycles. The number of aryl methyl sites for hydroxylation is 2. The smallest absolute Gasteiger partial charge is 0.258 e. The fraction of sp³-hybridized carbons (Fsp3) is 0.389. The van der Waals surface area contributed by atoms with Gasteiger partial charge in [0.15, 0.2) is 4.96 Å². The quantitative estimate of drug-likeness (QED) is 0.691. The van der Waals surface area contributed by atoms with E-state index in [4.69, 9.17) is 0 Å². The SMILES string of the molecule is Cc1cc(C(=O)N2CCN(Cc3cc(=O)n4ccsc4n3)CC2)c(C)s1. The average Bonchev–Trinajstić information content (AvgIpc) is 3.21. The molecule has 3 aromatic heterocycles. The van der Waals surface area contributed by atoms with Crippen molar-refractivity contribution in [3.8, 4) is 0 Å². The second-order valence-electron chi connectivity index (χ2n) is 6.54. The lowest BCUT2D eigenvalue weighted by molar-refractivity contribution is 0.0627. The molecule has 1 amide bonds. The Bertz CT molecular complexity index is 1010. The van der Waals surface area contributed by atoms with Crippen LogP contribution in [0.2, 0.25) is 0 Å². The number of hydrogen-bond donors (Lipinski definition) is 0. The number of thiophene rings is 1. The van der Waals surface area contributed by atoms with E-state index in [1.807, 2.05) is 30.2 Å². The van der Waals surface area contributed by atoms with E-state index in [1.165, 1.54) is 16.2 Å². The zero-order valence-corrected chi connectivity index (χ0v) is 16.4. The third kappa shape index (κ3) is 3.32. The molecule has 1 aliphatic heterocycles. The van der Waals surface area contributed by atoms with Gasteiger partial charge in [0.2, 0.25) is 0 Å². The van der Waals surface area contributed by atoms with Gasteiger partial charge in [-0.15, -0.1) is 22.7 Å². The van der Waals surface area contributed by atoms with Gasteiger partial charge < -0.3 is 4.90 Å². The highest BCUT2D eigenvalue weighted by atomic mass is 32.1. The normalized spacial score (nSPS) is 15.7. The molecule has 0 aromatic carbocycles. The lowest BCUT2D eigenvalue weighted by Gasteiger charge is -2.34. The first-order valence-electron chi connectivity index (χ1n) is 8.56. The van der Waals surface area contributed by atoms with Crippen LogP contribution >= 0.6 is 22.7 Å². The molecule has 0 aliphatic carbocycles. The van der Waals surface area contributed by atoms with Crippen LogP contribution in [0.4, 0.5) is 0 Å². The van der Waals surface area contributed by atoms with Gasteiger partial charge in [-0.25, -0.2) is 4.98 Å². The topological polar surface area (TPSA) is 57.9 Å². The van der Waals surface area contributed by atoms with Crippen molar-refractivity contribution in [2.75, 3.05) is 26.2 Å². The summed E-state index contributed by atoms with van der Waals surface area (Å²) in [6.07, 6.45) is 1.75. The van der Waals surface area contributed by atoms with Gasteiger partial charge in [-0.3, -0.25) is 18.9 Å². The van der Waals surface area contributed by atoms with E-state index in [9.17, 15) is 9.59 Å². The molecule has 0 spiro atoms. The second kappa shape index (κ2) is 6.94. The van der Waals surface area contributed by atoms with Crippen molar-refractivity contribution in [3.63, 3.8) is 0 Å². The van der Waals surface area contributed by atoms with Crippen molar-refractivity contribution in [1.82, 2.24) is 19.2 Å². The van der Waals surface area contributed by atoms with Crippen LogP contribution in [0.3, 0.4) is 0 Å². The largest absolute Gasteiger partial charge is 0.336 e. The first-order valence-corrected chi connectivity index (χ1v) is 10.3. The standard InChI is InChI=1S/C18H20N4O2S2/c1-12-9-15(13(2)26-12)17(24)21-5-3-20(4-6-21)11-14-10-16(23)22-7-8-25-18(22)19-14/h7-10H,3-6,11H2,1-2H3. The summed E-state index contributed by atoms with van der Waals surface area (Å²) in [5.74, 6) is 0.128. The van der Waals surface area contributed by atoms with E-state index < -0.39 is 0 Å². The number of nitrogens with zero attached hydrogens (tertiary/aromatic N) is 4. The van der Waals surface area contributed by atoms with Gasteiger partial charge >= 0.3 is 0 Å². The number of thiazole rings is 1. The molecule has 4 heterocycles. The van der Waals surface area contributed by atoms with Gasteiger partial charge in [-0.05, 0) is 19.9 Å². The Hall–Kier alpha value is -2.03. The molecule has 136 valence electrons. The van der Waals surface area contributed by atoms with Gasteiger partial charge in [0, 0.05) is 60.1 Å². The lowest BCUT2D eigenvalue weighted by atomic mass is 10.2. The summed E-state index contributed by atoms with van der Waals surface area (Å²) in [5, 5.41) is 1.87. The predicted octanol–water partition coefficient (Wildman–Crippen LogP) is 2.39. The highest BCUT2D eigenvalue weighted by Gasteiger charge is 2.24. The number of amides is 1. The zero-order chi connectivity index (χ0) is 18.3. The number of carbonyl (C=O) groups is 1. The number of fused-ring (bicyclic) bond motifs is 1. The molecule has 0 radical (unpaired) electrons.